The summed E-state index contributed by atoms with van der Waals surface area (Å²) in [6.45, 7) is 0.674. The van der Waals surface area contributed by atoms with E-state index >= 15 is 0 Å². The highest BCUT2D eigenvalue weighted by atomic mass is 35.5. The third kappa shape index (κ3) is 4.61. The number of amides is 1. The van der Waals surface area contributed by atoms with E-state index in [1.165, 1.54) is 24.8 Å². The van der Waals surface area contributed by atoms with Crippen LogP contribution in [0.25, 0.3) is 0 Å². The Morgan fingerprint density at radius 1 is 0.958 bits per heavy atom. The van der Waals surface area contributed by atoms with Gasteiger partial charge >= 0.3 is 0 Å². The quantitative estimate of drug-likeness (QED) is 0.671. The number of carbonyl (C=O) groups is 1. The van der Waals surface area contributed by atoms with Crippen molar-refractivity contribution in [3.8, 4) is 0 Å². The predicted octanol–water partition coefficient (Wildman–Crippen LogP) is 5.95. The molecule has 24 heavy (non-hydrogen) atoms. The molecular formula is C21H26ClNO. The third-order valence-corrected chi connectivity index (χ3v) is 4.82. The molecule has 1 amide bonds. The maximum atomic E-state index is 13.0. The summed E-state index contributed by atoms with van der Waals surface area (Å²) in [6.07, 6.45) is 5.91. The van der Waals surface area contributed by atoms with Gasteiger partial charge in [-0.1, -0.05) is 68.6 Å². The monoisotopic (exact) mass is 343 g/mol. The Balaban J connectivity index is 0.00000208. The van der Waals surface area contributed by atoms with Gasteiger partial charge in [0.2, 0.25) is 0 Å². The van der Waals surface area contributed by atoms with Crippen LogP contribution in [0.2, 0.25) is 5.02 Å². The zero-order valence-electron chi connectivity index (χ0n) is 13.2. The molecule has 0 aromatic heterocycles. The predicted molar refractivity (Wildman–Crippen MR) is 101 cm³/mol. The van der Waals surface area contributed by atoms with Crippen LogP contribution in [0.3, 0.4) is 0 Å². The summed E-state index contributed by atoms with van der Waals surface area (Å²) >= 11 is 5.95. The molecule has 0 N–H and O–H groups in total. The van der Waals surface area contributed by atoms with E-state index in [-0.39, 0.29) is 13.3 Å². The molecule has 128 valence electrons. The number of hydrogen-bond acceptors (Lipinski definition) is 1. The largest absolute Gasteiger partial charge is 0.331 e. The Morgan fingerprint density at radius 2 is 1.58 bits per heavy atom. The Hall–Kier alpha value is -1.80. The number of rotatable bonds is 4. The minimum Gasteiger partial charge on any atom is -0.331 e. The van der Waals surface area contributed by atoms with Crippen molar-refractivity contribution >= 4 is 17.5 Å². The summed E-state index contributed by atoms with van der Waals surface area (Å²) in [6, 6.07) is 17.8. The van der Waals surface area contributed by atoms with Gasteiger partial charge in [0.1, 0.15) is 0 Å². The van der Waals surface area contributed by atoms with Crippen molar-refractivity contribution in [2.24, 2.45) is 0 Å². The summed E-state index contributed by atoms with van der Waals surface area (Å²) in [5.74, 6) is 0.109. The van der Waals surface area contributed by atoms with E-state index in [9.17, 15) is 4.79 Å². The molecule has 0 heterocycles. The molecule has 0 unspecified atom stereocenters. The first-order valence-corrected chi connectivity index (χ1v) is 8.72. The molecule has 2 nitrogen and oxygen atoms in total. The normalized spacial score (nSPS) is 14.7. The van der Waals surface area contributed by atoms with E-state index in [1.807, 2.05) is 30.3 Å². The maximum absolute atomic E-state index is 13.0. The van der Waals surface area contributed by atoms with Crippen molar-refractivity contribution in [3.63, 3.8) is 0 Å². The van der Waals surface area contributed by atoms with Crippen molar-refractivity contribution in [2.75, 3.05) is 0 Å². The molecule has 1 aliphatic rings. The lowest BCUT2D eigenvalue weighted by Crippen LogP contribution is -2.41. The molecular weight excluding hydrogens is 318 g/mol. The second-order valence-corrected chi connectivity index (χ2v) is 6.65. The van der Waals surface area contributed by atoms with Crippen LogP contribution in [0.15, 0.2) is 54.6 Å². The molecule has 3 heteroatoms. The Kier molecular flexibility index (Phi) is 6.86. The van der Waals surface area contributed by atoms with Gasteiger partial charge in [0.15, 0.2) is 0 Å². The number of nitrogens with zero attached hydrogens (tertiary/aromatic N) is 1. The zero-order chi connectivity index (χ0) is 16.1. The van der Waals surface area contributed by atoms with Crippen LogP contribution in [0.1, 0.15) is 55.5 Å². The molecule has 1 saturated carbocycles. The molecule has 0 saturated heterocycles. The molecule has 0 bridgehead atoms. The summed E-state index contributed by atoms with van der Waals surface area (Å²) in [4.78, 5) is 15.1. The van der Waals surface area contributed by atoms with Crippen molar-refractivity contribution in [1.29, 1.82) is 0 Å². The SMILES string of the molecule is C.O=C(c1ccc(Cl)cc1)N(Cc1ccccc1)C1CCCCC1. The lowest BCUT2D eigenvalue weighted by atomic mass is 9.93. The average Bonchev–Trinajstić information content (AvgIpc) is 2.61. The second kappa shape index (κ2) is 8.89. The highest BCUT2D eigenvalue weighted by Gasteiger charge is 2.26. The van der Waals surface area contributed by atoms with Gasteiger partial charge in [-0.3, -0.25) is 4.79 Å². The van der Waals surface area contributed by atoms with E-state index in [4.69, 9.17) is 11.6 Å². The highest BCUT2D eigenvalue weighted by Crippen LogP contribution is 2.26. The van der Waals surface area contributed by atoms with Gasteiger partial charge < -0.3 is 4.90 Å². The minimum atomic E-state index is 0. The van der Waals surface area contributed by atoms with Gasteiger partial charge in [-0.05, 0) is 42.7 Å². The van der Waals surface area contributed by atoms with Crippen LogP contribution in [0.4, 0.5) is 0 Å². The number of halogens is 1. The minimum absolute atomic E-state index is 0. The van der Waals surface area contributed by atoms with Crippen LogP contribution >= 0.6 is 11.6 Å². The lowest BCUT2D eigenvalue weighted by Gasteiger charge is -2.34. The van der Waals surface area contributed by atoms with Gasteiger partial charge in [0.25, 0.3) is 5.91 Å². The molecule has 2 aromatic carbocycles. The van der Waals surface area contributed by atoms with Crippen LogP contribution in [0, 0.1) is 0 Å². The Labute approximate surface area is 150 Å². The van der Waals surface area contributed by atoms with Crippen molar-refractivity contribution in [2.45, 2.75) is 52.1 Å². The van der Waals surface area contributed by atoms with E-state index in [0.29, 0.717) is 17.6 Å². The zero-order valence-corrected chi connectivity index (χ0v) is 14.0. The van der Waals surface area contributed by atoms with E-state index < -0.39 is 0 Å². The van der Waals surface area contributed by atoms with Crippen molar-refractivity contribution in [1.82, 2.24) is 4.90 Å². The molecule has 2 aromatic rings. The fourth-order valence-corrected chi connectivity index (χ4v) is 3.42. The van der Waals surface area contributed by atoms with E-state index in [0.717, 1.165) is 18.4 Å². The van der Waals surface area contributed by atoms with Gasteiger partial charge in [0.05, 0.1) is 0 Å². The van der Waals surface area contributed by atoms with Crippen molar-refractivity contribution < 1.29 is 4.79 Å². The molecule has 0 spiro atoms. The fraction of sp³-hybridized carbons (Fsp3) is 0.381. The summed E-state index contributed by atoms with van der Waals surface area (Å²) in [5.41, 5.74) is 1.90. The summed E-state index contributed by atoms with van der Waals surface area (Å²) in [5, 5.41) is 0.661. The van der Waals surface area contributed by atoms with Crippen LogP contribution < -0.4 is 0 Å². The topological polar surface area (TPSA) is 20.3 Å². The van der Waals surface area contributed by atoms with Crippen LogP contribution in [-0.2, 0) is 6.54 Å². The van der Waals surface area contributed by atoms with Gasteiger partial charge in [-0.2, -0.15) is 0 Å². The molecule has 0 atom stereocenters. The fourth-order valence-electron chi connectivity index (χ4n) is 3.30. The smallest absolute Gasteiger partial charge is 0.254 e. The van der Waals surface area contributed by atoms with E-state index in [2.05, 4.69) is 17.0 Å². The molecule has 3 rings (SSSR count). The molecule has 1 aliphatic carbocycles. The highest BCUT2D eigenvalue weighted by molar-refractivity contribution is 6.30. The van der Waals surface area contributed by atoms with E-state index in [1.54, 1.807) is 12.1 Å². The summed E-state index contributed by atoms with van der Waals surface area (Å²) in [7, 11) is 0. The Bertz CT molecular complexity index is 633. The maximum Gasteiger partial charge on any atom is 0.254 e. The molecule has 1 fully saturated rings. The molecule has 0 aliphatic heterocycles. The summed E-state index contributed by atoms with van der Waals surface area (Å²) < 4.78 is 0. The number of carbonyl (C=O) groups excluding carboxylic acids is 1. The average molecular weight is 344 g/mol. The first-order chi connectivity index (χ1) is 11.2. The molecule has 0 radical (unpaired) electrons. The van der Waals surface area contributed by atoms with Gasteiger partial charge in [-0.25, -0.2) is 0 Å². The van der Waals surface area contributed by atoms with Crippen LogP contribution in [0.5, 0.6) is 0 Å². The third-order valence-electron chi connectivity index (χ3n) is 4.56. The van der Waals surface area contributed by atoms with Crippen LogP contribution in [-0.4, -0.2) is 16.8 Å². The number of benzene rings is 2. The first kappa shape index (κ1) is 18.5. The number of hydrogen-bond donors (Lipinski definition) is 0. The second-order valence-electron chi connectivity index (χ2n) is 6.22. The van der Waals surface area contributed by atoms with Gasteiger partial charge in [-0.15, -0.1) is 0 Å². The van der Waals surface area contributed by atoms with Gasteiger partial charge in [0, 0.05) is 23.2 Å². The lowest BCUT2D eigenvalue weighted by molar-refractivity contribution is 0.0614. The van der Waals surface area contributed by atoms with Crippen molar-refractivity contribution in [3.05, 3.63) is 70.7 Å². The first-order valence-electron chi connectivity index (χ1n) is 8.34. The standard InChI is InChI=1S/C20H22ClNO.CH4/c21-18-13-11-17(12-14-18)20(23)22(19-9-5-2-6-10-19)15-16-7-3-1-4-8-16;/h1,3-4,7-8,11-14,19H,2,5-6,9-10,15H2;1H4. The Morgan fingerprint density at radius 3 is 2.21 bits per heavy atom.